The first-order chi connectivity index (χ1) is 9.88. The van der Waals surface area contributed by atoms with Crippen LogP contribution in [0.4, 0.5) is 13.2 Å². The molecule has 0 fully saturated rings. The van der Waals surface area contributed by atoms with Crippen LogP contribution in [0, 0.1) is 17.5 Å². The molecule has 0 bridgehead atoms. The minimum absolute atomic E-state index is 0.0429. The van der Waals surface area contributed by atoms with E-state index in [0.717, 1.165) is 6.07 Å². The average Bonchev–Trinajstić information content (AvgIpc) is 2.41. The van der Waals surface area contributed by atoms with Gasteiger partial charge in [-0.2, -0.15) is 0 Å². The highest BCUT2D eigenvalue weighted by molar-refractivity contribution is 6.29. The van der Waals surface area contributed by atoms with Gasteiger partial charge in [0.15, 0.2) is 22.5 Å². The number of nitrogens with zero attached hydrogens (tertiary/aromatic N) is 1. The van der Waals surface area contributed by atoms with Gasteiger partial charge >= 0.3 is 0 Å². The molecule has 0 aliphatic heterocycles. The Morgan fingerprint density at radius 3 is 2.38 bits per heavy atom. The van der Waals surface area contributed by atoms with Crippen molar-refractivity contribution < 1.29 is 17.9 Å². The van der Waals surface area contributed by atoms with Gasteiger partial charge in [0, 0.05) is 22.9 Å². The third-order valence-corrected chi connectivity index (χ3v) is 3.39. The molecule has 21 heavy (non-hydrogen) atoms. The number of benzene rings is 1. The topological polar surface area (TPSA) is 22.1 Å². The number of rotatable bonds is 3. The molecule has 0 saturated carbocycles. The lowest BCUT2D eigenvalue weighted by Gasteiger charge is -2.16. The largest absolute Gasteiger partial charge is 0.493 e. The first-order valence-corrected chi connectivity index (χ1v) is 6.62. The highest BCUT2D eigenvalue weighted by atomic mass is 35.5. The zero-order valence-corrected chi connectivity index (χ0v) is 12.4. The quantitative estimate of drug-likeness (QED) is 0.748. The lowest BCUT2D eigenvalue weighted by molar-refractivity contribution is 0.380. The van der Waals surface area contributed by atoms with E-state index in [0.29, 0.717) is 0 Å². The Balaban J connectivity index is 2.79. The van der Waals surface area contributed by atoms with Gasteiger partial charge in [0.05, 0.1) is 7.11 Å². The molecule has 2 nitrogen and oxygen atoms in total. The van der Waals surface area contributed by atoms with Crippen LogP contribution in [-0.4, -0.2) is 12.1 Å². The van der Waals surface area contributed by atoms with Crippen molar-refractivity contribution >= 4 is 11.6 Å². The highest BCUT2D eigenvalue weighted by Crippen LogP contribution is 2.39. The zero-order chi connectivity index (χ0) is 15.7. The lowest BCUT2D eigenvalue weighted by atomic mass is 9.96. The molecule has 0 aliphatic rings. The zero-order valence-electron chi connectivity index (χ0n) is 11.7. The summed E-state index contributed by atoms with van der Waals surface area (Å²) in [4.78, 5) is 3.57. The first-order valence-electron chi connectivity index (χ1n) is 6.24. The van der Waals surface area contributed by atoms with Crippen molar-refractivity contribution in [3.63, 3.8) is 0 Å². The standard InChI is InChI=1S/C15H13ClF3NO/c1-7(2)11-10(17)6-9(14(21-3)13(11)19)8-4-5-20-15(16)12(8)18/h4-7H,1-3H3. The van der Waals surface area contributed by atoms with E-state index in [2.05, 4.69) is 4.98 Å². The number of hydrogen-bond acceptors (Lipinski definition) is 2. The lowest BCUT2D eigenvalue weighted by Crippen LogP contribution is -2.04. The maximum Gasteiger partial charge on any atom is 0.172 e. The molecule has 0 N–H and O–H groups in total. The molecule has 1 aromatic heterocycles. The Bertz CT molecular complexity index is 689. The van der Waals surface area contributed by atoms with Gasteiger partial charge in [-0.15, -0.1) is 0 Å². The Hall–Kier alpha value is -1.75. The SMILES string of the molecule is COc1c(-c2ccnc(Cl)c2F)cc(F)c(C(C)C)c1F. The van der Waals surface area contributed by atoms with E-state index in [-0.39, 0.29) is 33.5 Å². The van der Waals surface area contributed by atoms with Crippen LogP contribution in [0.5, 0.6) is 5.75 Å². The number of methoxy groups -OCH3 is 1. The molecule has 0 saturated heterocycles. The van der Waals surface area contributed by atoms with Crippen LogP contribution < -0.4 is 4.74 Å². The molecule has 1 aromatic carbocycles. The van der Waals surface area contributed by atoms with Gasteiger partial charge in [0.25, 0.3) is 0 Å². The summed E-state index contributed by atoms with van der Waals surface area (Å²) in [6, 6.07) is 2.33. The van der Waals surface area contributed by atoms with Crippen LogP contribution in [0.15, 0.2) is 18.3 Å². The minimum atomic E-state index is -0.853. The van der Waals surface area contributed by atoms with E-state index in [1.54, 1.807) is 13.8 Å². The molecule has 0 amide bonds. The summed E-state index contributed by atoms with van der Waals surface area (Å²) in [5.74, 6) is -3.05. The number of hydrogen-bond donors (Lipinski definition) is 0. The van der Waals surface area contributed by atoms with Gasteiger partial charge < -0.3 is 4.74 Å². The Labute approximate surface area is 125 Å². The van der Waals surface area contributed by atoms with Gasteiger partial charge in [-0.3, -0.25) is 0 Å². The third kappa shape index (κ3) is 2.70. The fourth-order valence-corrected chi connectivity index (χ4v) is 2.33. The molecule has 112 valence electrons. The maximum absolute atomic E-state index is 14.4. The van der Waals surface area contributed by atoms with Crippen LogP contribution in [0.2, 0.25) is 5.15 Å². The highest BCUT2D eigenvalue weighted by Gasteiger charge is 2.24. The molecule has 0 radical (unpaired) electrons. The predicted molar refractivity (Wildman–Crippen MR) is 75.2 cm³/mol. The summed E-state index contributed by atoms with van der Waals surface area (Å²) in [6.07, 6.45) is 1.26. The van der Waals surface area contributed by atoms with E-state index in [1.807, 2.05) is 0 Å². The van der Waals surface area contributed by atoms with Gasteiger partial charge in [-0.1, -0.05) is 25.4 Å². The summed E-state index contributed by atoms with van der Waals surface area (Å²) in [7, 11) is 1.24. The van der Waals surface area contributed by atoms with Crippen LogP contribution in [0.1, 0.15) is 25.3 Å². The number of aromatic nitrogens is 1. The van der Waals surface area contributed by atoms with Crippen LogP contribution in [0.3, 0.4) is 0 Å². The van der Waals surface area contributed by atoms with Crippen molar-refractivity contribution in [2.45, 2.75) is 19.8 Å². The Morgan fingerprint density at radius 2 is 1.81 bits per heavy atom. The molecule has 6 heteroatoms. The second-order valence-corrected chi connectivity index (χ2v) is 5.14. The van der Waals surface area contributed by atoms with E-state index in [9.17, 15) is 13.2 Å². The van der Waals surface area contributed by atoms with E-state index < -0.39 is 17.5 Å². The molecular formula is C15H13ClF3NO. The smallest absolute Gasteiger partial charge is 0.172 e. The second kappa shape index (κ2) is 5.93. The molecule has 0 atom stereocenters. The Kier molecular flexibility index (Phi) is 4.42. The van der Waals surface area contributed by atoms with Crippen molar-refractivity contribution in [3.8, 4) is 16.9 Å². The van der Waals surface area contributed by atoms with Gasteiger partial charge in [0.2, 0.25) is 0 Å². The number of halogens is 4. The van der Waals surface area contributed by atoms with Crippen molar-refractivity contribution in [1.82, 2.24) is 4.98 Å². The molecule has 0 aliphatic carbocycles. The van der Waals surface area contributed by atoms with Crippen molar-refractivity contribution in [1.29, 1.82) is 0 Å². The fraction of sp³-hybridized carbons (Fsp3) is 0.267. The summed E-state index contributed by atoms with van der Waals surface area (Å²) in [5, 5.41) is -0.372. The minimum Gasteiger partial charge on any atom is -0.493 e. The van der Waals surface area contributed by atoms with E-state index >= 15 is 0 Å². The van der Waals surface area contributed by atoms with E-state index in [4.69, 9.17) is 16.3 Å². The van der Waals surface area contributed by atoms with Crippen molar-refractivity contribution in [2.75, 3.05) is 7.11 Å². The van der Waals surface area contributed by atoms with E-state index in [1.165, 1.54) is 19.4 Å². The summed E-state index contributed by atoms with van der Waals surface area (Å²) >= 11 is 5.61. The first kappa shape index (κ1) is 15.6. The second-order valence-electron chi connectivity index (χ2n) is 4.78. The van der Waals surface area contributed by atoms with Crippen LogP contribution in [-0.2, 0) is 0 Å². The molecular weight excluding hydrogens is 303 g/mol. The molecule has 2 rings (SSSR count). The van der Waals surface area contributed by atoms with Crippen molar-refractivity contribution in [2.24, 2.45) is 0 Å². The van der Waals surface area contributed by atoms with Gasteiger partial charge in [0.1, 0.15) is 5.82 Å². The molecule has 2 aromatic rings. The maximum atomic E-state index is 14.4. The molecule has 1 heterocycles. The fourth-order valence-electron chi connectivity index (χ4n) is 2.17. The van der Waals surface area contributed by atoms with Crippen LogP contribution in [0.25, 0.3) is 11.1 Å². The summed E-state index contributed by atoms with van der Waals surface area (Å²) in [6.45, 7) is 3.31. The summed E-state index contributed by atoms with van der Waals surface area (Å²) in [5.41, 5.74) is -0.213. The molecule has 0 spiro atoms. The van der Waals surface area contributed by atoms with Crippen LogP contribution >= 0.6 is 11.6 Å². The van der Waals surface area contributed by atoms with Gasteiger partial charge in [-0.05, 0) is 18.1 Å². The third-order valence-electron chi connectivity index (χ3n) is 3.13. The normalized spacial score (nSPS) is 11.0. The predicted octanol–water partition coefficient (Wildman–Crippen LogP) is 4.95. The average molecular weight is 316 g/mol. The monoisotopic (exact) mass is 315 g/mol. The van der Waals surface area contributed by atoms with Gasteiger partial charge in [-0.25, -0.2) is 18.2 Å². The number of ether oxygens (including phenoxy) is 1. The van der Waals surface area contributed by atoms with Crippen molar-refractivity contribution in [3.05, 3.63) is 46.5 Å². The summed E-state index contributed by atoms with van der Waals surface area (Å²) < 4.78 is 47.6. The Morgan fingerprint density at radius 1 is 1.14 bits per heavy atom. The number of pyridine rings is 1. The molecule has 0 unspecified atom stereocenters.